The third-order valence-corrected chi connectivity index (χ3v) is 6.36. The first-order valence-electron chi connectivity index (χ1n) is 13.7. The Labute approximate surface area is 201 Å². The highest BCUT2D eigenvalue weighted by molar-refractivity contribution is 5.76. The van der Waals surface area contributed by atoms with Gasteiger partial charge in [-0.3, -0.25) is 4.79 Å². The predicted octanol–water partition coefficient (Wildman–Crippen LogP) is 5.54. The summed E-state index contributed by atoms with van der Waals surface area (Å²) in [5.74, 6) is 0.211. The second-order valence-electron chi connectivity index (χ2n) is 9.44. The van der Waals surface area contributed by atoms with Crippen molar-refractivity contribution in [1.82, 2.24) is 21.3 Å². The van der Waals surface area contributed by atoms with E-state index >= 15 is 0 Å². The molecule has 0 saturated carbocycles. The number of hydrogen-bond acceptors (Lipinski definition) is 4. The van der Waals surface area contributed by atoms with Crippen molar-refractivity contribution in [3.8, 4) is 0 Å². The zero-order chi connectivity index (χ0) is 22.2. The monoisotopic (exact) mass is 454 g/mol. The molecular formula is C27H58N4O. The number of amides is 1. The molecule has 0 aliphatic carbocycles. The van der Waals surface area contributed by atoms with Crippen molar-refractivity contribution in [2.75, 3.05) is 39.3 Å². The first kappa shape index (κ1) is 31.4. The van der Waals surface area contributed by atoms with Crippen LogP contribution in [0.15, 0.2) is 0 Å². The van der Waals surface area contributed by atoms with Gasteiger partial charge >= 0.3 is 0 Å². The van der Waals surface area contributed by atoms with Crippen molar-refractivity contribution in [1.29, 1.82) is 0 Å². The van der Waals surface area contributed by atoms with Crippen molar-refractivity contribution in [3.63, 3.8) is 0 Å². The smallest absolute Gasteiger partial charge is 0.221 e. The topological polar surface area (TPSA) is 65.2 Å². The molecule has 4 N–H and O–H groups in total. The fourth-order valence-corrected chi connectivity index (χ4v) is 4.34. The molecule has 1 unspecified atom stereocenters. The summed E-state index contributed by atoms with van der Waals surface area (Å²) >= 11 is 0. The molecule has 32 heavy (non-hydrogen) atoms. The molecule has 0 spiro atoms. The minimum absolute atomic E-state index is 0. The Morgan fingerprint density at radius 3 is 1.75 bits per heavy atom. The second kappa shape index (κ2) is 25.0. The van der Waals surface area contributed by atoms with Crippen LogP contribution in [0.2, 0.25) is 0 Å². The van der Waals surface area contributed by atoms with Gasteiger partial charge in [0.1, 0.15) is 0 Å². The van der Waals surface area contributed by atoms with E-state index in [1.165, 1.54) is 83.5 Å². The summed E-state index contributed by atoms with van der Waals surface area (Å²) in [6.45, 7) is 8.34. The van der Waals surface area contributed by atoms with Crippen LogP contribution >= 0.6 is 0 Å². The first-order chi connectivity index (χ1) is 15.3. The van der Waals surface area contributed by atoms with Gasteiger partial charge in [-0.2, -0.15) is 0 Å². The van der Waals surface area contributed by atoms with Crippen LogP contribution < -0.4 is 21.3 Å². The summed E-state index contributed by atoms with van der Waals surface area (Å²) in [5, 5.41) is 13.8. The van der Waals surface area contributed by atoms with Crippen molar-refractivity contribution >= 4 is 5.91 Å². The van der Waals surface area contributed by atoms with Crippen molar-refractivity contribution in [2.24, 2.45) is 0 Å². The van der Waals surface area contributed by atoms with E-state index in [0.29, 0.717) is 12.5 Å². The Kier molecular flexibility index (Phi) is 24.5. The molecule has 0 aromatic rings. The Balaban J connectivity index is 0.00000961. The fraction of sp³-hybridized carbons (Fsp3) is 0.963. The largest absolute Gasteiger partial charge is 0.356 e. The second-order valence-corrected chi connectivity index (χ2v) is 9.44. The number of hydrogen-bond donors (Lipinski definition) is 4. The maximum absolute atomic E-state index is 12.4. The molecule has 1 rings (SSSR count). The van der Waals surface area contributed by atoms with Gasteiger partial charge in [-0.05, 0) is 64.8 Å². The zero-order valence-corrected chi connectivity index (χ0v) is 20.7. The third-order valence-electron chi connectivity index (χ3n) is 6.36. The molecule has 0 aromatic heterocycles. The van der Waals surface area contributed by atoms with Gasteiger partial charge in [0.15, 0.2) is 0 Å². The average Bonchev–Trinajstić information content (AvgIpc) is 2.77. The van der Waals surface area contributed by atoms with Crippen LogP contribution in [0, 0.1) is 0 Å². The van der Waals surface area contributed by atoms with E-state index in [-0.39, 0.29) is 13.3 Å². The van der Waals surface area contributed by atoms with Crippen LogP contribution in [-0.4, -0.2) is 51.2 Å². The van der Waals surface area contributed by atoms with E-state index in [4.69, 9.17) is 0 Å². The van der Waals surface area contributed by atoms with Crippen LogP contribution in [-0.2, 0) is 4.79 Å². The van der Waals surface area contributed by atoms with Gasteiger partial charge in [-0.1, -0.05) is 85.0 Å². The number of nitrogens with one attached hydrogen (secondary N) is 4. The van der Waals surface area contributed by atoms with Crippen molar-refractivity contribution in [2.45, 2.75) is 130 Å². The lowest BCUT2D eigenvalue weighted by Crippen LogP contribution is -2.37. The van der Waals surface area contributed by atoms with Crippen LogP contribution in [0.25, 0.3) is 0 Å². The van der Waals surface area contributed by atoms with Gasteiger partial charge in [0.25, 0.3) is 0 Å². The summed E-state index contributed by atoms with van der Waals surface area (Å²) in [6, 6.07) is 0.326. The Hall–Kier alpha value is -0.650. The highest BCUT2D eigenvalue weighted by Gasteiger charge is 2.13. The van der Waals surface area contributed by atoms with E-state index < -0.39 is 0 Å². The molecule has 1 fully saturated rings. The summed E-state index contributed by atoms with van der Waals surface area (Å²) in [6.07, 6.45) is 21.5. The van der Waals surface area contributed by atoms with Crippen LogP contribution in [0.5, 0.6) is 0 Å². The quantitative estimate of drug-likeness (QED) is 0.292. The van der Waals surface area contributed by atoms with Crippen molar-refractivity contribution < 1.29 is 4.79 Å². The highest BCUT2D eigenvalue weighted by atomic mass is 16.1. The van der Waals surface area contributed by atoms with Gasteiger partial charge in [0.05, 0.1) is 0 Å². The molecule has 0 bridgehead atoms. The Bertz CT molecular complexity index is 392. The highest BCUT2D eigenvalue weighted by Crippen LogP contribution is 2.13. The molecule has 1 atom stereocenters. The van der Waals surface area contributed by atoms with Crippen LogP contribution in [0.3, 0.4) is 0 Å². The molecule has 1 aliphatic heterocycles. The number of carbonyl (C=O) groups excluding carboxylic acids is 1. The maximum atomic E-state index is 12.4. The number of rotatable bonds is 12. The van der Waals surface area contributed by atoms with E-state index in [0.717, 1.165) is 58.5 Å². The number of carbonyl (C=O) groups is 1. The lowest BCUT2D eigenvalue weighted by atomic mass is 10.0. The minimum atomic E-state index is 0. The summed E-state index contributed by atoms with van der Waals surface area (Å²) < 4.78 is 0. The standard InChI is InChI=1S/C26H54N4O.CH4/c1-2-3-4-5-6-7-8-9-10-11-12-17-25-24-26(31)30-23-16-21-28-19-14-13-18-27-20-15-22-29-25;/h25,27-29H,2-24H2,1H3,(H,30,31);1H4. The molecule has 5 heteroatoms. The van der Waals surface area contributed by atoms with Gasteiger partial charge in [0.2, 0.25) is 5.91 Å². The van der Waals surface area contributed by atoms with E-state index in [1.54, 1.807) is 0 Å². The fourth-order valence-electron chi connectivity index (χ4n) is 4.34. The van der Waals surface area contributed by atoms with Gasteiger partial charge in [0, 0.05) is 19.0 Å². The van der Waals surface area contributed by atoms with Crippen molar-refractivity contribution in [3.05, 3.63) is 0 Å². The molecule has 1 amide bonds. The SMILES string of the molecule is C.CCCCCCCCCCCCCC1CC(=O)NCCCNCCCCNCCCN1. The van der Waals surface area contributed by atoms with Gasteiger partial charge in [-0.15, -0.1) is 0 Å². The Morgan fingerprint density at radius 1 is 0.656 bits per heavy atom. The van der Waals surface area contributed by atoms with E-state index in [2.05, 4.69) is 28.2 Å². The Morgan fingerprint density at radius 2 is 1.16 bits per heavy atom. The lowest BCUT2D eigenvalue weighted by Gasteiger charge is -2.19. The minimum Gasteiger partial charge on any atom is -0.356 e. The molecule has 192 valence electrons. The van der Waals surface area contributed by atoms with Crippen LogP contribution in [0.4, 0.5) is 0 Å². The molecule has 1 saturated heterocycles. The molecular weight excluding hydrogens is 396 g/mol. The zero-order valence-electron chi connectivity index (χ0n) is 20.7. The van der Waals surface area contributed by atoms with Gasteiger partial charge in [-0.25, -0.2) is 0 Å². The molecule has 1 aliphatic rings. The van der Waals surface area contributed by atoms with E-state index in [1.807, 2.05) is 0 Å². The number of unbranched alkanes of at least 4 members (excludes halogenated alkanes) is 10. The molecule has 5 nitrogen and oxygen atoms in total. The summed E-state index contributed by atoms with van der Waals surface area (Å²) in [7, 11) is 0. The molecule has 1 heterocycles. The first-order valence-corrected chi connectivity index (χ1v) is 13.7. The molecule has 0 radical (unpaired) electrons. The molecule has 0 aromatic carbocycles. The predicted molar refractivity (Wildman–Crippen MR) is 141 cm³/mol. The van der Waals surface area contributed by atoms with Crippen LogP contribution in [0.1, 0.15) is 124 Å². The van der Waals surface area contributed by atoms with Gasteiger partial charge < -0.3 is 21.3 Å². The third kappa shape index (κ3) is 21.2. The average molecular weight is 455 g/mol. The lowest BCUT2D eigenvalue weighted by molar-refractivity contribution is -0.121. The summed E-state index contributed by atoms with van der Waals surface area (Å²) in [5.41, 5.74) is 0. The normalized spacial score (nSPS) is 20.2. The maximum Gasteiger partial charge on any atom is 0.221 e. The summed E-state index contributed by atoms with van der Waals surface area (Å²) in [4.78, 5) is 12.4. The van der Waals surface area contributed by atoms with E-state index in [9.17, 15) is 4.79 Å².